The molecule has 1 unspecified atom stereocenters. The maximum atomic E-state index is 9.26. The van der Waals surface area contributed by atoms with Gasteiger partial charge in [0.1, 0.15) is 0 Å². The molecular formula is C11H14Cl2N2OS. The number of nitrogens with zero attached hydrogens (tertiary/aromatic N) is 1. The summed E-state index contributed by atoms with van der Waals surface area (Å²) in [5.41, 5.74) is 0.693. The average Bonchev–Trinajstić information content (AvgIpc) is 2.21. The summed E-state index contributed by atoms with van der Waals surface area (Å²) >= 11 is 17.0. The Bertz CT molecular complexity index is 412. The van der Waals surface area contributed by atoms with E-state index in [2.05, 4.69) is 5.32 Å². The number of aliphatic hydroxyl groups excluding tert-OH is 1. The number of hydrogen-bond acceptors (Lipinski definition) is 2. The van der Waals surface area contributed by atoms with E-state index >= 15 is 0 Å². The minimum absolute atomic E-state index is 0.444. The number of rotatable bonds is 3. The normalized spacial score (nSPS) is 12.1. The van der Waals surface area contributed by atoms with Crippen molar-refractivity contribution in [1.82, 2.24) is 4.90 Å². The molecule has 94 valence electrons. The van der Waals surface area contributed by atoms with E-state index in [4.69, 9.17) is 35.4 Å². The molecule has 1 atom stereocenters. The molecule has 0 bridgehead atoms. The van der Waals surface area contributed by atoms with Gasteiger partial charge in [-0.2, -0.15) is 0 Å². The van der Waals surface area contributed by atoms with Gasteiger partial charge in [0.25, 0.3) is 0 Å². The molecule has 0 amide bonds. The lowest BCUT2D eigenvalue weighted by Crippen LogP contribution is -2.36. The van der Waals surface area contributed by atoms with Crippen LogP contribution in [0.2, 0.25) is 10.0 Å². The number of halogens is 2. The van der Waals surface area contributed by atoms with Gasteiger partial charge in [-0.1, -0.05) is 23.2 Å². The highest BCUT2D eigenvalue weighted by atomic mass is 35.5. The fraction of sp³-hybridized carbons (Fsp3) is 0.364. The fourth-order valence-corrected chi connectivity index (χ4v) is 1.92. The number of nitrogens with one attached hydrogen (secondary N) is 1. The number of thiocarbonyl (C=S) groups is 1. The van der Waals surface area contributed by atoms with Crippen molar-refractivity contribution in [2.45, 2.75) is 13.0 Å². The predicted octanol–water partition coefficient (Wildman–Crippen LogP) is 3.00. The van der Waals surface area contributed by atoms with Crippen LogP contribution in [0.3, 0.4) is 0 Å². The van der Waals surface area contributed by atoms with Crippen molar-refractivity contribution >= 4 is 46.2 Å². The summed E-state index contributed by atoms with van der Waals surface area (Å²) < 4.78 is 0. The van der Waals surface area contributed by atoms with Crippen molar-refractivity contribution in [3.05, 3.63) is 28.2 Å². The van der Waals surface area contributed by atoms with Crippen LogP contribution in [-0.2, 0) is 0 Å². The van der Waals surface area contributed by atoms with Crippen LogP contribution in [-0.4, -0.2) is 34.8 Å². The molecular weight excluding hydrogens is 279 g/mol. The predicted molar refractivity (Wildman–Crippen MR) is 77.0 cm³/mol. The molecule has 1 aromatic rings. The number of anilines is 1. The van der Waals surface area contributed by atoms with Crippen LogP contribution in [0.1, 0.15) is 6.92 Å². The molecule has 1 rings (SSSR count). The third-order valence-corrected chi connectivity index (χ3v) is 3.02. The fourth-order valence-electron chi connectivity index (χ4n) is 1.28. The molecule has 0 aliphatic carbocycles. The first kappa shape index (κ1) is 14.5. The maximum Gasteiger partial charge on any atom is 0.173 e. The Kier molecular flexibility index (Phi) is 5.46. The standard InChI is InChI=1S/C11H14Cl2N2OS/c1-7(16)6-15(2)11(17)14-10-4-3-8(12)5-9(10)13/h3-5,7,16H,6H2,1-2H3,(H,14,17). The van der Waals surface area contributed by atoms with Crippen molar-refractivity contribution in [2.75, 3.05) is 18.9 Å². The molecule has 0 saturated heterocycles. The van der Waals surface area contributed by atoms with Crippen LogP contribution in [0.4, 0.5) is 5.69 Å². The van der Waals surface area contributed by atoms with E-state index < -0.39 is 6.10 Å². The second-order valence-electron chi connectivity index (χ2n) is 3.78. The summed E-state index contributed by atoms with van der Waals surface area (Å²) in [6, 6.07) is 5.13. The van der Waals surface area contributed by atoms with E-state index in [0.29, 0.717) is 27.4 Å². The smallest absolute Gasteiger partial charge is 0.173 e. The van der Waals surface area contributed by atoms with Crippen molar-refractivity contribution in [3.8, 4) is 0 Å². The molecule has 0 radical (unpaired) electrons. The monoisotopic (exact) mass is 292 g/mol. The van der Waals surface area contributed by atoms with Crippen molar-refractivity contribution < 1.29 is 5.11 Å². The van der Waals surface area contributed by atoms with Gasteiger partial charge < -0.3 is 15.3 Å². The number of aliphatic hydroxyl groups is 1. The largest absolute Gasteiger partial charge is 0.392 e. The summed E-state index contributed by atoms with van der Waals surface area (Å²) in [5.74, 6) is 0. The van der Waals surface area contributed by atoms with Gasteiger partial charge in [-0.05, 0) is 37.3 Å². The molecule has 17 heavy (non-hydrogen) atoms. The van der Waals surface area contributed by atoms with Gasteiger partial charge in [-0.3, -0.25) is 0 Å². The summed E-state index contributed by atoms with van der Waals surface area (Å²) in [6.45, 7) is 2.16. The first-order valence-electron chi connectivity index (χ1n) is 5.05. The third-order valence-electron chi connectivity index (χ3n) is 2.06. The first-order valence-corrected chi connectivity index (χ1v) is 6.22. The van der Waals surface area contributed by atoms with E-state index in [1.54, 1.807) is 37.1 Å². The van der Waals surface area contributed by atoms with Crippen molar-refractivity contribution in [2.24, 2.45) is 0 Å². The minimum Gasteiger partial charge on any atom is -0.392 e. The van der Waals surface area contributed by atoms with Crippen molar-refractivity contribution in [1.29, 1.82) is 0 Å². The zero-order valence-corrected chi connectivity index (χ0v) is 11.9. The highest BCUT2D eigenvalue weighted by Crippen LogP contribution is 2.25. The Labute approximate surface area is 116 Å². The van der Waals surface area contributed by atoms with E-state index in [0.717, 1.165) is 0 Å². The van der Waals surface area contributed by atoms with Gasteiger partial charge in [-0.25, -0.2) is 0 Å². The maximum absolute atomic E-state index is 9.26. The first-order chi connectivity index (χ1) is 7.90. The van der Waals surface area contributed by atoms with E-state index in [9.17, 15) is 5.11 Å². The summed E-state index contributed by atoms with van der Waals surface area (Å²) in [5, 5.41) is 13.8. The van der Waals surface area contributed by atoms with Crippen molar-refractivity contribution in [3.63, 3.8) is 0 Å². The molecule has 0 heterocycles. The van der Waals surface area contributed by atoms with Gasteiger partial charge in [0.05, 0.1) is 16.8 Å². The summed E-state index contributed by atoms with van der Waals surface area (Å²) in [7, 11) is 1.80. The minimum atomic E-state index is -0.444. The zero-order chi connectivity index (χ0) is 13.0. The van der Waals surface area contributed by atoms with Gasteiger partial charge >= 0.3 is 0 Å². The zero-order valence-electron chi connectivity index (χ0n) is 9.58. The lowest BCUT2D eigenvalue weighted by molar-refractivity contribution is 0.169. The second-order valence-corrected chi connectivity index (χ2v) is 5.01. The topological polar surface area (TPSA) is 35.5 Å². The molecule has 0 aliphatic rings. The Balaban J connectivity index is 2.67. The highest BCUT2D eigenvalue weighted by molar-refractivity contribution is 7.80. The van der Waals surface area contributed by atoms with Crippen LogP contribution in [0, 0.1) is 0 Å². The van der Waals surface area contributed by atoms with E-state index in [1.807, 2.05) is 0 Å². The Hall–Kier alpha value is -0.550. The number of hydrogen-bond donors (Lipinski definition) is 2. The van der Waals surface area contributed by atoms with Gasteiger partial charge in [0, 0.05) is 18.6 Å². The van der Waals surface area contributed by atoms with Crippen LogP contribution in [0.25, 0.3) is 0 Å². The third kappa shape index (κ3) is 4.68. The summed E-state index contributed by atoms with van der Waals surface area (Å²) in [4.78, 5) is 1.74. The summed E-state index contributed by atoms with van der Waals surface area (Å²) in [6.07, 6.45) is -0.444. The molecule has 0 aromatic heterocycles. The quantitative estimate of drug-likeness (QED) is 0.840. The lowest BCUT2D eigenvalue weighted by atomic mass is 10.3. The molecule has 1 aromatic carbocycles. The molecule has 3 nitrogen and oxygen atoms in total. The SMILES string of the molecule is CC(O)CN(C)C(=S)Nc1ccc(Cl)cc1Cl. The number of likely N-dealkylation sites (N-methyl/N-ethyl adjacent to an activating group) is 1. The van der Waals surface area contributed by atoms with Crippen LogP contribution in [0.5, 0.6) is 0 Å². The lowest BCUT2D eigenvalue weighted by Gasteiger charge is -2.22. The van der Waals surface area contributed by atoms with Crippen LogP contribution in [0.15, 0.2) is 18.2 Å². The second kappa shape index (κ2) is 6.40. The molecule has 2 N–H and O–H groups in total. The van der Waals surface area contributed by atoms with Gasteiger partial charge in [0.15, 0.2) is 5.11 Å². The Morgan fingerprint density at radius 2 is 2.18 bits per heavy atom. The van der Waals surface area contributed by atoms with E-state index in [-0.39, 0.29) is 0 Å². The molecule has 6 heteroatoms. The number of benzene rings is 1. The van der Waals surface area contributed by atoms with Gasteiger partial charge in [-0.15, -0.1) is 0 Å². The van der Waals surface area contributed by atoms with E-state index in [1.165, 1.54) is 0 Å². The highest BCUT2D eigenvalue weighted by Gasteiger charge is 2.09. The molecule has 0 fully saturated rings. The van der Waals surface area contributed by atoms with Crippen LogP contribution < -0.4 is 5.32 Å². The molecule has 0 spiro atoms. The van der Waals surface area contributed by atoms with Crippen LogP contribution >= 0.6 is 35.4 Å². The average molecular weight is 293 g/mol. The Morgan fingerprint density at radius 1 is 1.53 bits per heavy atom. The Morgan fingerprint density at radius 3 is 2.71 bits per heavy atom. The van der Waals surface area contributed by atoms with Gasteiger partial charge in [0.2, 0.25) is 0 Å². The molecule has 0 aliphatic heterocycles. The molecule has 0 saturated carbocycles.